The van der Waals surface area contributed by atoms with E-state index in [1.54, 1.807) is 0 Å². The first-order valence-corrected chi connectivity index (χ1v) is 7.21. The van der Waals surface area contributed by atoms with Gasteiger partial charge in [-0.2, -0.15) is 0 Å². The maximum absolute atomic E-state index is 3.55. The predicted octanol–water partition coefficient (Wildman–Crippen LogP) is 4.27. The van der Waals surface area contributed by atoms with Crippen molar-refractivity contribution in [1.82, 2.24) is 5.32 Å². The largest absolute Gasteiger partial charge is 0.317 e. The van der Waals surface area contributed by atoms with Gasteiger partial charge in [0.1, 0.15) is 0 Å². The first-order valence-electron chi connectivity index (χ1n) is 7.21. The van der Waals surface area contributed by atoms with Gasteiger partial charge in [-0.15, -0.1) is 0 Å². The molecule has 2 heteroatoms. The van der Waals surface area contributed by atoms with E-state index in [1.165, 1.54) is 90.1 Å². The molecule has 1 rings (SSSR count). The molecule has 0 aromatic rings. The predicted molar refractivity (Wildman–Crippen MR) is 68.3 cm³/mol. The maximum Gasteiger partial charge on any atom is 0 e. The van der Waals surface area contributed by atoms with Crippen molar-refractivity contribution in [2.24, 2.45) is 0 Å². The zero-order chi connectivity index (χ0) is 10.6. The van der Waals surface area contributed by atoms with Crippen LogP contribution >= 0.6 is 0 Å². The van der Waals surface area contributed by atoms with Crippen LogP contribution in [0.3, 0.4) is 0 Å². The zero-order valence-corrected chi connectivity index (χ0v) is 11.9. The van der Waals surface area contributed by atoms with E-state index in [4.69, 9.17) is 0 Å². The summed E-state index contributed by atoms with van der Waals surface area (Å²) >= 11 is 0. The average molecular weight is 267 g/mol. The van der Waals surface area contributed by atoms with E-state index >= 15 is 0 Å². The van der Waals surface area contributed by atoms with E-state index in [2.05, 4.69) is 5.32 Å². The van der Waals surface area contributed by atoms with Crippen LogP contribution in [0.2, 0.25) is 0 Å². The first kappa shape index (κ1) is 16.5. The summed E-state index contributed by atoms with van der Waals surface area (Å²) in [5, 5.41) is 3.55. The Morgan fingerprint density at radius 3 is 0.938 bits per heavy atom. The van der Waals surface area contributed by atoms with Crippen LogP contribution in [0.4, 0.5) is 0 Å². The third-order valence-electron chi connectivity index (χ3n) is 3.46. The van der Waals surface area contributed by atoms with Crippen LogP contribution in [0.25, 0.3) is 0 Å². The number of nitrogens with one attached hydrogen (secondary N) is 1. The van der Waals surface area contributed by atoms with Crippen molar-refractivity contribution in [2.45, 2.75) is 77.0 Å². The molecule has 1 heterocycles. The molecule has 0 unspecified atom stereocenters. The van der Waals surface area contributed by atoms with Gasteiger partial charge in [0.05, 0.1) is 0 Å². The van der Waals surface area contributed by atoms with E-state index < -0.39 is 0 Å². The number of hydrogen-bond donors (Lipinski definition) is 1. The fourth-order valence-electron chi connectivity index (χ4n) is 2.39. The second-order valence-electron chi connectivity index (χ2n) is 4.99. The number of hydrogen-bond acceptors (Lipinski definition) is 1. The molecule has 0 saturated carbocycles. The molecule has 1 saturated heterocycles. The van der Waals surface area contributed by atoms with Gasteiger partial charge in [-0.05, 0) is 25.9 Å². The maximum atomic E-state index is 3.55. The Bertz CT molecular complexity index is 69.3. The van der Waals surface area contributed by atoms with Gasteiger partial charge in [0.25, 0.3) is 0 Å². The van der Waals surface area contributed by atoms with Crippen molar-refractivity contribution >= 4 is 0 Å². The first-order chi connectivity index (χ1) is 7.50. The fourth-order valence-corrected chi connectivity index (χ4v) is 2.39. The minimum Gasteiger partial charge on any atom is -0.317 e. The van der Waals surface area contributed by atoms with Gasteiger partial charge in [-0.25, -0.2) is 0 Å². The second kappa shape index (κ2) is 13.5. The molecule has 0 aromatic heterocycles. The minimum absolute atomic E-state index is 0. The summed E-state index contributed by atoms with van der Waals surface area (Å²) in [6.45, 7) is 2.50. The van der Waals surface area contributed by atoms with Crippen molar-refractivity contribution in [3.63, 3.8) is 0 Å². The monoisotopic (exact) mass is 267 g/mol. The van der Waals surface area contributed by atoms with E-state index in [-0.39, 0.29) is 17.1 Å². The number of rotatable bonds is 0. The summed E-state index contributed by atoms with van der Waals surface area (Å²) in [7, 11) is 0. The quantitative estimate of drug-likeness (QED) is 0.646. The standard InChI is InChI=1S/C14H29N.Fe/c1-2-4-6-8-10-12-14-15-13-11-9-7-5-3-1;/h15H,1-14H2;. The molecule has 16 heavy (non-hydrogen) atoms. The average Bonchev–Trinajstić information content (AvgIpc) is 2.27. The van der Waals surface area contributed by atoms with Gasteiger partial charge in [0.2, 0.25) is 0 Å². The molecular weight excluding hydrogens is 238 g/mol. The summed E-state index contributed by atoms with van der Waals surface area (Å²) in [5.74, 6) is 0. The van der Waals surface area contributed by atoms with Gasteiger partial charge in [-0.1, -0.05) is 64.2 Å². The van der Waals surface area contributed by atoms with E-state index in [9.17, 15) is 0 Å². The zero-order valence-electron chi connectivity index (χ0n) is 10.8. The Labute approximate surface area is 113 Å². The molecule has 1 N–H and O–H groups in total. The molecule has 0 spiro atoms. The molecular formula is C14H29FeN. The smallest absolute Gasteiger partial charge is 0 e. The SMILES string of the molecule is C1CCCCCCCNCCCCCC1.[Fe]. The van der Waals surface area contributed by atoms with Crippen LogP contribution in [0.5, 0.6) is 0 Å². The molecule has 1 aliphatic heterocycles. The summed E-state index contributed by atoms with van der Waals surface area (Å²) in [6.07, 6.45) is 17.4. The molecule has 0 atom stereocenters. The van der Waals surface area contributed by atoms with Crippen LogP contribution in [0.1, 0.15) is 77.0 Å². The molecule has 1 nitrogen and oxygen atoms in total. The normalized spacial score (nSPS) is 22.5. The van der Waals surface area contributed by atoms with Crippen LogP contribution in [0, 0.1) is 0 Å². The van der Waals surface area contributed by atoms with E-state index in [0.717, 1.165) is 0 Å². The summed E-state index contributed by atoms with van der Waals surface area (Å²) in [6, 6.07) is 0. The second-order valence-corrected chi connectivity index (χ2v) is 4.99. The molecule has 0 aromatic carbocycles. The minimum atomic E-state index is 0. The van der Waals surface area contributed by atoms with Crippen molar-refractivity contribution in [1.29, 1.82) is 0 Å². The van der Waals surface area contributed by atoms with E-state index in [0.29, 0.717) is 0 Å². The Kier molecular flexibility index (Phi) is 13.9. The van der Waals surface area contributed by atoms with Crippen LogP contribution in [-0.4, -0.2) is 13.1 Å². The van der Waals surface area contributed by atoms with Gasteiger partial charge in [-0.3, -0.25) is 0 Å². The fraction of sp³-hybridized carbons (Fsp3) is 1.00. The Morgan fingerprint density at radius 2 is 0.625 bits per heavy atom. The summed E-state index contributed by atoms with van der Waals surface area (Å²) < 4.78 is 0. The van der Waals surface area contributed by atoms with Crippen LogP contribution in [0.15, 0.2) is 0 Å². The van der Waals surface area contributed by atoms with Gasteiger partial charge in [0.15, 0.2) is 0 Å². The van der Waals surface area contributed by atoms with Crippen LogP contribution in [-0.2, 0) is 17.1 Å². The Balaban J connectivity index is 0.00000225. The van der Waals surface area contributed by atoms with Gasteiger partial charge < -0.3 is 5.32 Å². The molecule has 1 aliphatic rings. The molecule has 0 aliphatic carbocycles. The van der Waals surface area contributed by atoms with Crippen molar-refractivity contribution in [2.75, 3.05) is 13.1 Å². The third-order valence-corrected chi connectivity index (χ3v) is 3.46. The molecule has 0 bridgehead atoms. The summed E-state index contributed by atoms with van der Waals surface area (Å²) in [4.78, 5) is 0. The molecule has 0 amide bonds. The Hall–Kier alpha value is 0.479. The van der Waals surface area contributed by atoms with Crippen molar-refractivity contribution < 1.29 is 17.1 Å². The van der Waals surface area contributed by atoms with Gasteiger partial charge >= 0.3 is 0 Å². The molecule has 0 radical (unpaired) electrons. The van der Waals surface area contributed by atoms with Crippen molar-refractivity contribution in [3.05, 3.63) is 0 Å². The van der Waals surface area contributed by atoms with E-state index in [1.807, 2.05) is 0 Å². The topological polar surface area (TPSA) is 12.0 Å². The molecule has 1 fully saturated rings. The van der Waals surface area contributed by atoms with Crippen LogP contribution < -0.4 is 5.32 Å². The molecule has 98 valence electrons. The third kappa shape index (κ3) is 11.0. The van der Waals surface area contributed by atoms with Crippen molar-refractivity contribution in [3.8, 4) is 0 Å². The Morgan fingerprint density at radius 1 is 0.375 bits per heavy atom. The van der Waals surface area contributed by atoms with Gasteiger partial charge in [0, 0.05) is 17.1 Å². The summed E-state index contributed by atoms with van der Waals surface area (Å²) in [5.41, 5.74) is 0.